The molecule has 0 radical (unpaired) electrons. The number of allylic oxidation sites excluding steroid dienone is 2. The van der Waals surface area contributed by atoms with Gasteiger partial charge in [-0.3, -0.25) is 0 Å². The van der Waals surface area contributed by atoms with Crippen molar-refractivity contribution in [1.29, 1.82) is 0 Å². The van der Waals surface area contributed by atoms with Crippen LogP contribution in [0.5, 0.6) is 0 Å². The Morgan fingerprint density at radius 2 is 1.75 bits per heavy atom. The van der Waals surface area contributed by atoms with Crippen LogP contribution in [0.25, 0.3) is 0 Å². The van der Waals surface area contributed by atoms with Gasteiger partial charge in [0.25, 0.3) is 0 Å². The van der Waals surface area contributed by atoms with Gasteiger partial charge in [-0.1, -0.05) is 31.6 Å². The highest BCUT2D eigenvalue weighted by atomic mass is 16.3. The third kappa shape index (κ3) is 2.70. The summed E-state index contributed by atoms with van der Waals surface area (Å²) in [6.45, 7) is 10.1. The van der Waals surface area contributed by atoms with E-state index >= 15 is 0 Å². The fourth-order valence-electron chi connectivity index (χ4n) is 6.68. The van der Waals surface area contributed by atoms with Crippen molar-refractivity contribution >= 4 is 0 Å². The Morgan fingerprint density at radius 1 is 1.04 bits per heavy atom. The molecule has 2 N–H and O–H groups in total. The standard InChI is InChI=1S/C19H30O2.C3H6/c1-18-9-7-13(20)11-12(18)3-4-14-15-5-6-17(21)19(15,2)10-8-16(14)18;1-3-2/h11,13-17,20-21H,3-10H2,1-2H3;3H,1H2,2H3. The van der Waals surface area contributed by atoms with E-state index in [1.54, 1.807) is 11.6 Å². The topological polar surface area (TPSA) is 40.5 Å². The zero-order valence-corrected chi connectivity index (χ0v) is 15.8. The second-order valence-electron chi connectivity index (χ2n) is 9.18. The maximum atomic E-state index is 10.5. The third-order valence-electron chi connectivity index (χ3n) is 8.04. The molecule has 0 amide bonds. The second kappa shape index (κ2) is 6.61. The van der Waals surface area contributed by atoms with Crippen molar-refractivity contribution in [2.75, 3.05) is 0 Å². The second-order valence-corrected chi connectivity index (χ2v) is 9.18. The Hall–Kier alpha value is -0.600. The summed E-state index contributed by atoms with van der Waals surface area (Å²) in [5.74, 6) is 2.32. The average Bonchev–Trinajstić information content (AvgIpc) is 2.84. The first kappa shape index (κ1) is 18.2. The fraction of sp³-hybridized carbons (Fsp3) is 0.818. The van der Waals surface area contributed by atoms with Gasteiger partial charge in [0.2, 0.25) is 0 Å². The van der Waals surface area contributed by atoms with E-state index in [4.69, 9.17) is 0 Å². The summed E-state index contributed by atoms with van der Waals surface area (Å²) in [7, 11) is 0. The molecule has 7 unspecified atom stereocenters. The molecular weight excluding hydrogens is 296 g/mol. The van der Waals surface area contributed by atoms with Gasteiger partial charge in [-0.15, -0.1) is 6.58 Å². The molecule has 0 aromatic heterocycles. The summed E-state index contributed by atoms with van der Waals surface area (Å²) in [6.07, 6.45) is 12.9. The van der Waals surface area contributed by atoms with Gasteiger partial charge >= 0.3 is 0 Å². The van der Waals surface area contributed by atoms with E-state index in [-0.39, 0.29) is 17.6 Å². The lowest BCUT2D eigenvalue weighted by atomic mass is 9.47. The van der Waals surface area contributed by atoms with Crippen LogP contribution in [0.4, 0.5) is 0 Å². The minimum absolute atomic E-state index is 0.0682. The minimum atomic E-state index is -0.202. The number of hydrogen-bond acceptors (Lipinski definition) is 2. The maximum Gasteiger partial charge on any atom is 0.0724 e. The summed E-state index contributed by atoms with van der Waals surface area (Å²) in [5.41, 5.74) is 2.06. The largest absolute Gasteiger partial charge is 0.393 e. The van der Waals surface area contributed by atoms with Gasteiger partial charge in [-0.05, 0) is 86.9 Å². The molecule has 4 rings (SSSR count). The number of aliphatic hydroxyl groups excluding tert-OH is 2. The SMILES string of the molecule is C=CC.CC12CCC(O)C=C1CCC1C2CCC2(C)C(O)CCC12. The number of rotatable bonds is 0. The summed E-state index contributed by atoms with van der Waals surface area (Å²) < 4.78 is 0. The van der Waals surface area contributed by atoms with E-state index in [1.807, 2.05) is 6.92 Å². The van der Waals surface area contributed by atoms with Crippen LogP contribution in [0.15, 0.2) is 24.3 Å². The van der Waals surface area contributed by atoms with Crippen LogP contribution in [-0.2, 0) is 0 Å². The van der Waals surface area contributed by atoms with Crippen molar-refractivity contribution < 1.29 is 10.2 Å². The molecule has 0 aliphatic heterocycles. The molecule has 0 spiro atoms. The smallest absolute Gasteiger partial charge is 0.0724 e. The first-order valence-corrected chi connectivity index (χ1v) is 10.0. The van der Waals surface area contributed by atoms with Crippen LogP contribution in [0.3, 0.4) is 0 Å². The highest BCUT2D eigenvalue weighted by Crippen LogP contribution is 2.65. The monoisotopic (exact) mass is 332 g/mol. The van der Waals surface area contributed by atoms with Gasteiger partial charge in [-0.25, -0.2) is 0 Å². The molecular formula is C22H36O2. The van der Waals surface area contributed by atoms with E-state index in [2.05, 4.69) is 26.5 Å². The molecule has 4 aliphatic carbocycles. The highest BCUT2D eigenvalue weighted by molar-refractivity contribution is 5.25. The highest BCUT2D eigenvalue weighted by Gasteiger charge is 2.58. The van der Waals surface area contributed by atoms with Crippen molar-refractivity contribution in [3.63, 3.8) is 0 Å². The Bertz CT molecular complexity index is 510. The lowest BCUT2D eigenvalue weighted by Gasteiger charge is -2.58. The van der Waals surface area contributed by atoms with Crippen LogP contribution in [0, 0.1) is 28.6 Å². The Labute approximate surface area is 148 Å². The van der Waals surface area contributed by atoms with E-state index in [9.17, 15) is 10.2 Å². The molecule has 2 heteroatoms. The van der Waals surface area contributed by atoms with Crippen LogP contribution in [-0.4, -0.2) is 22.4 Å². The van der Waals surface area contributed by atoms with Crippen LogP contribution in [0.2, 0.25) is 0 Å². The maximum absolute atomic E-state index is 10.5. The third-order valence-corrected chi connectivity index (χ3v) is 8.04. The number of fused-ring (bicyclic) bond motifs is 5. The van der Waals surface area contributed by atoms with E-state index in [0.717, 1.165) is 37.0 Å². The summed E-state index contributed by atoms with van der Waals surface area (Å²) in [4.78, 5) is 0. The lowest BCUT2D eigenvalue weighted by Crippen LogP contribution is -2.51. The zero-order chi connectivity index (χ0) is 17.5. The molecule has 0 aromatic carbocycles. The quantitative estimate of drug-likeness (QED) is 0.622. The summed E-state index contributed by atoms with van der Waals surface area (Å²) in [6, 6.07) is 0. The van der Waals surface area contributed by atoms with Gasteiger partial charge in [0.15, 0.2) is 0 Å². The molecule has 7 atom stereocenters. The molecule has 4 aliphatic rings. The molecule has 2 nitrogen and oxygen atoms in total. The average molecular weight is 333 g/mol. The van der Waals surface area contributed by atoms with Crippen LogP contribution >= 0.6 is 0 Å². The number of hydrogen-bond donors (Lipinski definition) is 2. The molecule has 0 aromatic rings. The van der Waals surface area contributed by atoms with Crippen molar-refractivity contribution in [1.82, 2.24) is 0 Å². The normalized spacial score (nSPS) is 49.7. The van der Waals surface area contributed by atoms with E-state index in [0.29, 0.717) is 5.41 Å². The fourth-order valence-corrected chi connectivity index (χ4v) is 6.68. The Balaban J connectivity index is 0.000000526. The van der Waals surface area contributed by atoms with Crippen molar-refractivity contribution in [3.05, 3.63) is 24.3 Å². The minimum Gasteiger partial charge on any atom is -0.393 e. The van der Waals surface area contributed by atoms with Crippen molar-refractivity contribution in [2.24, 2.45) is 28.6 Å². The molecule has 24 heavy (non-hydrogen) atoms. The van der Waals surface area contributed by atoms with Crippen molar-refractivity contribution in [2.45, 2.75) is 84.3 Å². The van der Waals surface area contributed by atoms with Gasteiger partial charge < -0.3 is 10.2 Å². The van der Waals surface area contributed by atoms with Gasteiger partial charge in [0, 0.05) is 0 Å². The van der Waals surface area contributed by atoms with Gasteiger partial charge in [0.05, 0.1) is 12.2 Å². The lowest BCUT2D eigenvalue weighted by molar-refractivity contribution is -0.0761. The Morgan fingerprint density at radius 3 is 2.46 bits per heavy atom. The zero-order valence-electron chi connectivity index (χ0n) is 15.8. The molecule has 0 bridgehead atoms. The molecule has 3 saturated carbocycles. The van der Waals surface area contributed by atoms with Gasteiger partial charge in [-0.2, -0.15) is 0 Å². The van der Waals surface area contributed by atoms with Gasteiger partial charge in [0.1, 0.15) is 0 Å². The van der Waals surface area contributed by atoms with Crippen LogP contribution in [0.1, 0.15) is 72.1 Å². The number of aliphatic hydroxyl groups is 2. The molecule has 0 heterocycles. The van der Waals surface area contributed by atoms with E-state index < -0.39 is 0 Å². The molecule has 3 fully saturated rings. The molecule has 0 saturated heterocycles. The van der Waals surface area contributed by atoms with E-state index in [1.165, 1.54) is 32.1 Å². The summed E-state index contributed by atoms with van der Waals surface area (Å²) >= 11 is 0. The first-order chi connectivity index (χ1) is 11.4. The predicted octanol–water partition coefficient (Wildman–Crippen LogP) is 4.86. The predicted molar refractivity (Wildman–Crippen MR) is 99.6 cm³/mol. The summed E-state index contributed by atoms with van der Waals surface area (Å²) in [5, 5.41) is 20.4. The molecule has 136 valence electrons. The van der Waals surface area contributed by atoms with Crippen LogP contribution < -0.4 is 0 Å². The van der Waals surface area contributed by atoms with Crippen molar-refractivity contribution in [3.8, 4) is 0 Å². The Kier molecular flexibility index (Phi) is 5.01. The first-order valence-electron chi connectivity index (χ1n) is 10.0.